The molecule has 0 unspecified atom stereocenters. The lowest BCUT2D eigenvalue weighted by molar-refractivity contribution is 0.324. The van der Waals surface area contributed by atoms with Gasteiger partial charge in [-0.1, -0.05) is 34.1 Å². The fourth-order valence-electron chi connectivity index (χ4n) is 1.01. The van der Waals surface area contributed by atoms with Crippen LogP contribution in [0.3, 0.4) is 0 Å². The van der Waals surface area contributed by atoms with Crippen molar-refractivity contribution in [2.45, 2.75) is 0 Å². The molecule has 0 saturated heterocycles. The minimum atomic E-state index is 0.236. The molecule has 1 aromatic heterocycles. The highest BCUT2D eigenvalue weighted by atomic mass is 79.9. The van der Waals surface area contributed by atoms with E-state index in [1.807, 2.05) is 41.1 Å². The van der Waals surface area contributed by atoms with E-state index in [0.717, 1.165) is 5.69 Å². The lowest BCUT2D eigenvalue weighted by atomic mass is 10.3. The summed E-state index contributed by atoms with van der Waals surface area (Å²) in [4.78, 5) is 3.96. The summed E-state index contributed by atoms with van der Waals surface area (Å²) in [6, 6.07) is 10.1. The van der Waals surface area contributed by atoms with Gasteiger partial charge < -0.3 is 9.67 Å². The Morgan fingerprint density at radius 2 is 1.93 bits per heavy atom. The number of aliphatic hydroxyl groups is 1. The summed E-state index contributed by atoms with van der Waals surface area (Å²) < 4.78 is 1.97. The van der Waals surface area contributed by atoms with Gasteiger partial charge in [0.15, 0.2) is 0 Å². The van der Waals surface area contributed by atoms with Crippen molar-refractivity contribution >= 4 is 15.9 Å². The zero-order chi connectivity index (χ0) is 10.9. The molecule has 2 rings (SSSR count). The molecule has 0 amide bonds. The normalized spacial score (nSPS) is 9.20. The average Bonchev–Trinajstić information content (AvgIpc) is 2.84. The van der Waals surface area contributed by atoms with E-state index in [1.165, 1.54) is 0 Å². The summed E-state index contributed by atoms with van der Waals surface area (Å²) >= 11 is 3.00. The third-order valence-corrected chi connectivity index (χ3v) is 2.00. The molecule has 1 heterocycles. The van der Waals surface area contributed by atoms with Gasteiger partial charge in [-0.3, -0.25) is 0 Å². The number of alkyl halides is 1. The molecule has 1 aromatic carbocycles. The number of aromatic nitrogens is 2. The third-order valence-electron chi connectivity index (χ3n) is 1.64. The zero-order valence-electron chi connectivity index (χ0n) is 8.25. The van der Waals surface area contributed by atoms with Crippen molar-refractivity contribution in [3.63, 3.8) is 0 Å². The lowest BCUT2D eigenvalue weighted by Gasteiger charge is -1.98. The summed E-state index contributed by atoms with van der Waals surface area (Å²) in [6.07, 6.45) is 5.48. The molecule has 0 bridgehead atoms. The summed E-state index contributed by atoms with van der Waals surface area (Å²) in [5, 5.41) is 8.52. The molecule has 0 aliphatic carbocycles. The predicted molar refractivity (Wildman–Crippen MR) is 64.4 cm³/mol. The van der Waals surface area contributed by atoms with Crippen LogP contribution in [0.15, 0.2) is 49.1 Å². The minimum absolute atomic E-state index is 0.236. The molecule has 0 spiro atoms. The van der Waals surface area contributed by atoms with Gasteiger partial charge in [-0.05, 0) is 12.1 Å². The number of para-hydroxylation sites is 1. The highest BCUT2D eigenvalue weighted by Crippen LogP contribution is 2.04. The Hall–Kier alpha value is -1.13. The molecule has 3 nitrogen and oxygen atoms in total. The maximum Gasteiger partial charge on any atom is 0.0991 e. The van der Waals surface area contributed by atoms with Crippen molar-refractivity contribution in [3.8, 4) is 5.69 Å². The molecule has 15 heavy (non-hydrogen) atoms. The van der Waals surface area contributed by atoms with Crippen LogP contribution in [-0.4, -0.2) is 26.6 Å². The van der Waals surface area contributed by atoms with Crippen LogP contribution in [0.1, 0.15) is 0 Å². The fourth-order valence-corrected chi connectivity index (χ4v) is 1.01. The van der Waals surface area contributed by atoms with Gasteiger partial charge in [-0.2, -0.15) is 0 Å². The Labute approximate surface area is 97.5 Å². The maximum absolute atomic E-state index is 7.83. The molecule has 80 valence electrons. The quantitative estimate of drug-likeness (QED) is 0.849. The molecule has 2 aromatic rings. The van der Waals surface area contributed by atoms with Crippen LogP contribution < -0.4 is 0 Å². The summed E-state index contributed by atoms with van der Waals surface area (Å²) in [7, 11) is 0. The molecule has 4 heteroatoms. The smallest absolute Gasteiger partial charge is 0.0991 e. The van der Waals surface area contributed by atoms with Gasteiger partial charge in [0.05, 0.1) is 12.9 Å². The van der Waals surface area contributed by atoms with E-state index in [1.54, 1.807) is 12.5 Å². The molecule has 0 radical (unpaired) electrons. The van der Waals surface area contributed by atoms with Gasteiger partial charge in [0.2, 0.25) is 0 Å². The average molecular weight is 269 g/mol. The van der Waals surface area contributed by atoms with Crippen molar-refractivity contribution in [1.29, 1.82) is 0 Å². The molecule has 1 N–H and O–H groups in total. The second-order valence-electron chi connectivity index (χ2n) is 2.72. The Morgan fingerprint density at radius 1 is 1.27 bits per heavy atom. The second kappa shape index (κ2) is 7.20. The predicted octanol–water partition coefficient (Wildman–Crippen LogP) is 2.25. The van der Waals surface area contributed by atoms with Crippen LogP contribution in [-0.2, 0) is 0 Å². The molecule has 0 fully saturated rings. The number of rotatable bonds is 2. The van der Waals surface area contributed by atoms with Crippen LogP contribution >= 0.6 is 15.9 Å². The van der Waals surface area contributed by atoms with Crippen molar-refractivity contribution in [1.82, 2.24) is 9.55 Å². The minimum Gasteiger partial charge on any atom is -0.396 e. The molecule has 0 atom stereocenters. The largest absolute Gasteiger partial charge is 0.396 e. The molecule has 0 saturated carbocycles. The first-order valence-electron chi connectivity index (χ1n) is 4.58. The van der Waals surface area contributed by atoms with Crippen LogP contribution in [0.4, 0.5) is 0 Å². The monoisotopic (exact) mass is 268 g/mol. The van der Waals surface area contributed by atoms with Gasteiger partial charge in [0.1, 0.15) is 0 Å². The molecular weight excluding hydrogens is 256 g/mol. The highest BCUT2D eigenvalue weighted by Gasteiger charge is 1.89. The Balaban J connectivity index is 0.000000245. The topological polar surface area (TPSA) is 38.0 Å². The highest BCUT2D eigenvalue weighted by molar-refractivity contribution is 9.09. The number of hydrogen-bond donors (Lipinski definition) is 1. The van der Waals surface area contributed by atoms with Gasteiger partial charge in [0, 0.05) is 23.4 Å². The van der Waals surface area contributed by atoms with Gasteiger partial charge in [-0.25, -0.2) is 4.98 Å². The molecular formula is C11H13BrN2O. The number of nitrogens with zero attached hydrogens (tertiary/aromatic N) is 2. The van der Waals surface area contributed by atoms with E-state index in [4.69, 9.17) is 5.11 Å². The van der Waals surface area contributed by atoms with Crippen LogP contribution in [0.25, 0.3) is 5.69 Å². The van der Waals surface area contributed by atoms with Crippen LogP contribution in [0.5, 0.6) is 0 Å². The SMILES string of the molecule is OCCBr.c1ccc(-n2ccnc2)cc1. The molecule has 0 aliphatic heterocycles. The Bertz CT molecular complexity index is 346. The van der Waals surface area contributed by atoms with Crippen LogP contribution in [0.2, 0.25) is 0 Å². The molecule has 0 aliphatic rings. The Morgan fingerprint density at radius 3 is 2.40 bits per heavy atom. The first-order chi connectivity index (χ1) is 7.38. The second-order valence-corrected chi connectivity index (χ2v) is 3.51. The first kappa shape index (κ1) is 11.9. The number of halogens is 1. The van der Waals surface area contributed by atoms with Gasteiger partial charge in [0.25, 0.3) is 0 Å². The van der Waals surface area contributed by atoms with Crippen molar-refractivity contribution in [3.05, 3.63) is 49.1 Å². The number of hydrogen-bond acceptors (Lipinski definition) is 2. The number of imidazole rings is 1. The third kappa shape index (κ3) is 4.27. The standard InChI is InChI=1S/C9H8N2.C2H5BrO/c1-2-4-9(5-3-1)11-7-6-10-8-11;3-1-2-4/h1-8H;4H,1-2H2. The number of benzene rings is 1. The van der Waals surface area contributed by atoms with E-state index >= 15 is 0 Å². The van der Waals surface area contributed by atoms with Crippen LogP contribution in [0, 0.1) is 0 Å². The van der Waals surface area contributed by atoms with E-state index in [0.29, 0.717) is 5.33 Å². The van der Waals surface area contributed by atoms with E-state index < -0.39 is 0 Å². The van der Waals surface area contributed by atoms with Crippen molar-refractivity contribution in [2.24, 2.45) is 0 Å². The van der Waals surface area contributed by atoms with Crippen molar-refractivity contribution in [2.75, 3.05) is 11.9 Å². The summed E-state index contributed by atoms with van der Waals surface area (Å²) in [6.45, 7) is 0.236. The Kier molecular flexibility index (Phi) is 5.73. The number of aliphatic hydroxyl groups excluding tert-OH is 1. The van der Waals surface area contributed by atoms with E-state index in [2.05, 4.69) is 20.9 Å². The summed E-state index contributed by atoms with van der Waals surface area (Å²) in [5.41, 5.74) is 1.14. The fraction of sp³-hybridized carbons (Fsp3) is 0.182. The van der Waals surface area contributed by atoms with Gasteiger partial charge >= 0.3 is 0 Å². The van der Waals surface area contributed by atoms with Gasteiger partial charge in [-0.15, -0.1) is 0 Å². The maximum atomic E-state index is 7.83. The van der Waals surface area contributed by atoms with E-state index in [-0.39, 0.29) is 6.61 Å². The van der Waals surface area contributed by atoms with Crippen molar-refractivity contribution < 1.29 is 5.11 Å². The zero-order valence-corrected chi connectivity index (χ0v) is 9.84. The summed E-state index contributed by atoms with van der Waals surface area (Å²) in [5.74, 6) is 0. The van der Waals surface area contributed by atoms with E-state index in [9.17, 15) is 0 Å². The first-order valence-corrected chi connectivity index (χ1v) is 5.71. The lowest BCUT2D eigenvalue weighted by Crippen LogP contribution is -1.87.